The normalized spacial score (nSPS) is 21.3. The van der Waals surface area contributed by atoms with Gasteiger partial charge < -0.3 is 15.2 Å². The number of nitrogens with one attached hydrogen (secondary N) is 1. The van der Waals surface area contributed by atoms with Crippen LogP contribution in [-0.4, -0.2) is 30.8 Å². The molecule has 0 radical (unpaired) electrons. The Kier molecular flexibility index (Phi) is 5.99. The number of rotatable bonds is 6. The minimum absolute atomic E-state index is 0.0578. The van der Waals surface area contributed by atoms with Gasteiger partial charge in [0, 0.05) is 17.6 Å². The van der Waals surface area contributed by atoms with Crippen LogP contribution in [0.2, 0.25) is 0 Å². The predicted octanol–water partition coefficient (Wildman–Crippen LogP) is 2.49. The maximum absolute atomic E-state index is 13.5. The van der Waals surface area contributed by atoms with Crippen LogP contribution in [0, 0.1) is 17.7 Å². The Hall–Kier alpha value is -1.14. The number of hydrogen-bond donors (Lipinski definition) is 2. The van der Waals surface area contributed by atoms with Crippen LogP contribution >= 0.6 is 15.9 Å². The largest absolute Gasteiger partial charge is 0.481 e. The van der Waals surface area contributed by atoms with Gasteiger partial charge in [0.25, 0.3) is 5.91 Å². The first-order chi connectivity index (χ1) is 10.1. The van der Waals surface area contributed by atoms with Gasteiger partial charge in [-0.25, -0.2) is 4.39 Å². The molecule has 116 valence electrons. The zero-order valence-electron chi connectivity index (χ0n) is 11.6. The summed E-state index contributed by atoms with van der Waals surface area (Å²) in [7, 11) is 0. The number of halogens is 2. The molecule has 2 atom stereocenters. The average molecular weight is 360 g/mol. The lowest BCUT2D eigenvalue weighted by Crippen LogP contribution is -2.34. The summed E-state index contributed by atoms with van der Waals surface area (Å²) in [6, 6.07) is 4.42. The number of hydrogen-bond acceptors (Lipinski definition) is 3. The van der Waals surface area contributed by atoms with Gasteiger partial charge in [-0.05, 0) is 42.9 Å². The van der Waals surface area contributed by atoms with E-state index in [1.807, 2.05) is 0 Å². The summed E-state index contributed by atoms with van der Waals surface area (Å²) in [4.78, 5) is 11.7. The third kappa shape index (κ3) is 4.68. The van der Waals surface area contributed by atoms with Crippen molar-refractivity contribution in [1.82, 2.24) is 5.32 Å². The second-order valence-electron chi connectivity index (χ2n) is 5.30. The number of carbonyl (C=O) groups is 1. The first kappa shape index (κ1) is 16.2. The zero-order valence-corrected chi connectivity index (χ0v) is 13.2. The minimum Gasteiger partial charge on any atom is -0.481 e. The highest BCUT2D eigenvalue weighted by Crippen LogP contribution is 2.30. The molecule has 2 unspecified atom stereocenters. The third-order valence-electron chi connectivity index (χ3n) is 3.87. The molecular weight excluding hydrogens is 341 g/mol. The number of ether oxygens (including phenoxy) is 1. The lowest BCUT2D eigenvalue weighted by molar-refractivity contribution is -0.123. The molecule has 0 saturated heterocycles. The van der Waals surface area contributed by atoms with E-state index in [0.29, 0.717) is 16.9 Å². The van der Waals surface area contributed by atoms with Gasteiger partial charge in [-0.1, -0.05) is 22.4 Å². The van der Waals surface area contributed by atoms with Crippen LogP contribution in [0.5, 0.6) is 5.75 Å². The van der Waals surface area contributed by atoms with E-state index in [1.54, 1.807) is 6.07 Å². The molecule has 0 heterocycles. The van der Waals surface area contributed by atoms with Crippen molar-refractivity contribution < 1.29 is 19.0 Å². The van der Waals surface area contributed by atoms with Crippen molar-refractivity contribution in [2.45, 2.75) is 19.3 Å². The van der Waals surface area contributed by atoms with E-state index in [2.05, 4.69) is 21.2 Å². The van der Waals surface area contributed by atoms with Gasteiger partial charge in [-0.3, -0.25) is 4.79 Å². The van der Waals surface area contributed by atoms with Crippen molar-refractivity contribution in [3.05, 3.63) is 28.5 Å². The van der Waals surface area contributed by atoms with Crippen molar-refractivity contribution in [1.29, 1.82) is 0 Å². The van der Waals surface area contributed by atoms with Crippen molar-refractivity contribution in [2.24, 2.45) is 11.8 Å². The Morgan fingerprint density at radius 3 is 2.90 bits per heavy atom. The molecule has 0 spiro atoms. The summed E-state index contributed by atoms with van der Waals surface area (Å²) >= 11 is 3.16. The Morgan fingerprint density at radius 2 is 2.19 bits per heavy atom. The molecule has 0 aliphatic heterocycles. The van der Waals surface area contributed by atoms with E-state index >= 15 is 0 Å². The predicted molar refractivity (Wildman–Crippen MR) is 80.5 cm³/mol. The molecule has 4 nitrogen and oxygen atoms in total. The van der Waals surface area contributed by atoms with Crippen LogP contribution in [0.1, 0.15) is 19.3 Å². The summed E-state index contributed by atoms with van der Waals surface area (Å²) in [5.41, 5.74) is 0. The van der Waals surface area contributed by atoms with Gasteiger partial charge in [-0.15, -0.1) is 0 Å². The molecule has 2 N–H and O–H groups in total. The summed E-state index contributed by atoms with van der Waals surface area (Å²) < 4.78 is 19.3. The minimum atomic E-state index is -0.506. The molecule has 0 bridgehead atoms. The molecule has 1 aromatic rings. The van der Waals surface area contributed by atoms with Gasteiger partial charge in [-0.2, -0.15) is 0 Å². The van der Waals surface area contributed by atoms with Gasteiger partial charge in [0.15, 0.2) is 18.2 Å². The topological polar surface area (TPSA) is 58.6 Å². The molecule has 1 amide bonds. The molecule has 1 aromatic carbocycles. The van der Waals surface area contributed by atoms with E-state index in [9.17, 15) is 14.3 Å². The van der Waals surface area contributed by atoms with Crippen molar-refractivity contribution in [3.63, 3.8) is 0 Å². The fourth-order valence-electron chi connectivity index (χ4n) is 2.65. The van der Waals surface area contributed by atoms with Gasteiger partial charge >= 0.3 is 0 Å². The van der Waals surface area contributed by atoms with E-state index in [0.717, 1.165) is 19.3 Å². The summed E-state index contributed by atoms with van der Waals surface area (Å²) in [5, 5.41) is 12.0. The standard InChI is InChI=1S/C15H19BrFNO3/c16-12-4-5-14(13(17)6-12)21-9-15(20)18-7-10-2-1-3-11(10)8-19/h4-6,10-11,19H,1-3,7-9H2,(H,18,20). The lowest BCUT2D eigenvalue weighted by Gasteiger charge is -2.17. The zero-order chi connectivity index (χ0) is 15.2. The highest BCUT2D eigenvalue weighted by atomic mass is 79.9. The molecule has 1 fully saturated rings. The number of aliphatic hydroxyl groups is 1. The van der Waals surface area contributed by atoms with Gasteiger partial charge in [0.1, 0.15) is 0 Å². The maximum atomic E-state index is 13.5. The molecule has 2 rings (SSSR count). The first-order valence-corrected chi connectivity index (χ1v) is 7.85. The van der Waals surface area contributed by atoms with E-state index in [1.165, 1.54) is 12.1 Å². The van der Waals surface area contributed by atoms with Crippen LogP contribution in [0.4, 0.5) is 4.39 Å². The summed E-state index contributed by atoms with van der Waals surface area (Å²) in [6.07, 6.45) is 3.12. The number of aliphatic hydroxyl groups excluding tert-OH is 1. The summed E-state index contributed by atoms with van der Waals surface area (Å²) in [6.45, 7) is 0.493. The summed E-state index contributed by atoms with van der Waals surface area (Å²) in [5.74, 6) is -0.129. The Morgan fingerprint density at radius 1 is 1.43 bits per heavy atom. The van der Waals surface area contributed by atoms with Crippen LogP contribution < -0.4 is 10.1 Å². The van der Waals surface area contributed by atoms with Gasteiger partial charge in [0.05, 0.1) is 0 Å². The second kappa shape index (κ2) is 7.75. The quantitative estimate of drug-likeness (QED) is 0.820. The molecule has 21 heavy (non-hydrogen) atoms. The fourth-order valence-corrected chi connectivity index (χ4v) is 2.99. The van der Waals surface area contributed by atoms with Crippen molar-refractivity contribution >= 4 is 21.8 Å². The Balaban J connectivity index is 1.74. The van der Waals surface area contributed by atoms with Crippen molar-refractivity contribution in [3.8, 4) is 5.75 Å². The molecule has 0 aromatic heterocycles. The maximum Gasteiger partial charge on any atom is 0.257 e. The van der Waals surface area contributed by atoms with E-state index < -0.39 is 5.82 Å². The van der Waals surface area contributed by atoms with Crippen LogP contribution in [0.25, 0.3) is 0 Å². The highest BCUT2D eigenvalue weighted by Gasteiger charge is 2.26. The first-order valence-electron chi connectivity index (χ1n) is 7.05. The average Bonchev–Trinajstić information content (AvgIpc) is 2.91. The molecule has 1 aliphatic rings. The molecule has 1 aliphatic carbocycles. The van der Waals surface area contributed by atoms with Crippen LogP contribution in [0.3, 0.4) is 0 Å². The fraction of sp³-hybridized carbons (Fsp3) is 0.533. The smallest absolute Gasteiger partial charge is 0.257 e. The van der Waals surface area contributed by atoms with Crippen LogP contribution in [-0.2, 0) is 4.79 Å². The molecule has 6 heteroatoms. The van der Waals surface area contributed by atoms with E-state index in [4.69, 9.17) is 4.74 Å². The monoisotopic (exact) mass is 359 g/mol. The Bertz CT molecular complexity index is 498. The highest BCUT2D eigenvalue weighted by molar-refractivity contribution is 9.10. The van der Waals surface area contributed by atoms with Gasteiger partial charge in [0.2, 0.25) is 0 Å². The third-order valence-corrected chi connectivity index (χ3v) is 4.36. The number of amides is 1. The van der Waals surface area contributed by atoms with Crippen LogP contribution in [0.15, 0.2) is 22.7 Å². The molecular formula is C15H19BrFNO3. The number of carbonyl (C=O) groups excluding carboxylic acids is 1. The van der Waals surface area contributed by atoms with Crippen molar-refractivity contribution in [2.75, 3.05) is 19.8 Å². The second-order valence-corrected chi connectivity index (χ2v) is 6.22. The molecule has 1 saturated carbocycles. The Labute approximate surface area is 131 Å². The van der Waals surface area contributed by atoms with E-state index in [-0.39, 0.29) is 30.8 Å². The lowest BCUT2D eigenvalue weighted by atomic mass is 9.97. The number of benzene rings is 1. The SMILES string of the molecule is O=C(COc1ccc(Br)cc1F)NCC1CCCC1CO.